The molecule has 0 fully saturated rings. The molecule has 0 bridgehead atoms. The number of amides is 1. The Morgan fingerprint density at radius 3 is 2.45 bits per heavy atom. The zero-order valence-corrected chi connectivity index (χ0v) is 11.7. The van der Waals surface area contributed by atoms with Crippen molar-refractivity contribution >= 4 is 11.7 Å². The molecule has 1 aromatic heterocycles. The standard InChI is InChI=1S/C13H18F3N3O/c1-4-19(7-13(14,15)16)12(20)9-5-10(8(2)3)18-11(17)6-9/h5-6,8H,4,7H2,1-3H3,(H2,17,18). The van der Waals surface area contributed by atoms with Crippen LogP contribution in [0.25, 0.3) is 0 Å². The van der Waals surface area contributed by atoms with E-state index in [2.05, 4.69) is 4.98 Å². The maximum absolute atomic E-state index is 12.4. The third kappa shape index (κ3) is 4.40. The predicted octanol–water partition coefficient (Wildman–Crippen LogP) is 2.81. The summed E-state index contributed by atoms with van der Waals surface area (Å²) in [6.45, 7) is 3.92. The van der Waals surface area contributed by atoms with Gasteiger partial charge in [-0.05, 0) is 25.0 Å². The molecule has 0 saturated carbocycles. The molecule has 2 N–H and O–H groups in total. The Hall–Kier alpha value is -1.79. The van der Waals surface area contributed by atoms with Crippen LogP contribution in [-0.2, 0) is 0 Å². The SMILES string of the molecule is CCN(CC(F)(F)F)C(=O)c1cc(N)nc(C(C)C)c1. The highest BCUT2D eigenvalue weighted by Crippen LogP contribution is 2.20. The van der Waals surface area contributed by atoms with Crippen LogP contribution < -0.4 is 5.73 Å². The van der Waals surface area contributed by atoms with Crippen molar-refractivity contribution in [1.82, 2.24) is 9.88 Å². The van der Waals surface area contributed by atoms with E-state index in [-0.39, 0.29) is 23.8 Å². The number of hydrogen-bond acceptors (Lipinski definition) is 3. The Kier molecular flexibility index (Phi) is 4.97. The summed E-state index contributed by atoms with van der Waals surface area (Å²) < 4.78 is 37.3. The number of nitrogen functional groups attached to an aromatic ring is 1. The topological polar surface area (TPSA) is 59.2 Å². The molecule has 1 rings (SSSR count). The van der Waals surface area contributed by atoms with Crippen LogP contribution in [0.1, 0.15) is 42.7 Å². The fourth-order valence-electron chi connectivity index (χ4n) is 1.72. The van der Waals surface area contributed by atoms with Crippen LogP contribution in [-0.4, -0.2) is 35.1 Å². The number of hydrogen-bond donors (Lipinski definition) is 1. The average Bonchev–Trinajstić information content (AvgIpc) is 2.33. The molecular formula is C13H18F3N3O. The van der Waals surface area contributed by atoms with Crippen LogP contribution in [0.5, 0.6) is 0 Å². The first-order valence-electron chi connectivity index (χ1n) is 6.27. The molecule has 0 unspecified atom stereocenters. The second kappa shape index (κ2) is 6.11. The summed E-state index contributed by atoms with van der Waals surface area (Å²) in [6.07, 6.45) is -4.43. The van der Waals surface area contributed by atoms with Gasteiger partial charge in [-0.25, -0.2) is 4.98 Å². The first-order chi connectivity index (χ1) is 9.14. The molecule has 1 heterocycles. The number of nitrogens with zero attached hydrogens (tertiary/aromatic N) is 2. The number of alkyl halides is 3. The van der Waals surface area contributed by atoms with E-state index < -0.39 is 18.6 Å². The van der Waals surface area contributed by atoms with Gasteiger partial charge < -0.3 is 10.6 Å². The molecule has 0 atom stereocenters. The summed E-state index contributed by atoms with van der Waals surface area (Å²) in [5, 5.41) is 0. The van der Waals surface area contributed by atoms with Crippen molar-refractivity contribution in [3.63, 3.8) is 0 Å². The van der Waals surface area contributed by atoms with E-state index in [1.54, 1.807) is 0 Å². The number of pyridine rings is 1. The average molecular weight is 289 g/mol. The number of carbonyl (C=O) groups is 1. The van der Waals surface area contributed by atoms with Crippen molar-refractivity contribution in [2.45, 2.75) is 32.9 Å². The molecule has 0 radical (unpaired) electrons. The molecule has 0 aliphatic heterocycles. The molecular weight excluding hydrogens is 271 g/mol. The van der Waals surface area contributed by atoms with E-state index in [0.717, 1.165) is 4.90 Å². The van der Waals surface area contributed by atoms with Crippen molar-refractivity contribution in [3.05, 3.63) is 23.4 Å². The maximum Gasteiger partial charge on any atom is 0.406 e. The van der Waals surface area contributed by atoms with Gasteiger partial charge in [-0.3, -0.25) is 4.79 Å². The largest absolute Gasteiger partial charge is 0.406 e. The monoisotopic (exact) mass is 289 g/mol. The van der Waals surface area contributed by atoms with Crippen LogP contribution in [0.15, 0.2) is 12.1 Å². The van der Waals surface area contributed by atoms with Crippen LogP contribution in [0.2, 0.25) is 0 Å². The Morgan fingerprint density at radius 2 is 2.00 bits per heavy atom. The number of carbonyl (C=O) groups excluding carboxylic acids is 1. The van der Waals surface area contributed by atoms with Gasteiger partial charge in [0.2, 0.25) is 0 Å². The van der Waals surface area contributed by atoms with Gasteiger partial charge in [0.25, 0.3) is 5.91 Å². The first-order valence-corrected chi connectivity index (χ1v) is 6.27. The molecule has 0 aromatic carbocycles. The lowest BCUT2D eigenvalue weighted by Gasteiger charge is -2.22. The lowest BCUT2D eigenvalue weighted by atomic mass is 10.1. The molecule has 0 saturated heterocycles. The van der Waals surface area contributed by atoms with E-state index in [9.17, 15) is 18.0 Å². The van der Waals surface area contributed by atoms with Crippen molar-refractivity contribution < 1.29 is 18.0 Å². The minimum Gasteiger partial charge on any atom is -0.384 e. The predicted molar refractivity (Wildman–Crippen MR) is 70.4 cm³/mol. The Balaban J connectivity index is 3.06. The van der Waals surface area contributed by atoms with Gasteiger partial charge in [-0.1, -0.05) is 13.8 Å². The number of aromatic nitrogens is 1. The van der Waals surface area contributed by atoms with Crippen molar-refractivity contribution in [1.29, 1.82) is 0 Å². The summed E-state index contributed by atoms with van der Waals surface area (Å²) in [6, 6.07) is 2.79. The van der Waals surface area contributed by atoms with Crippen molar-refractivity contribution in [2.24, 2.45) is 0 Å². The molecule has 1 aromatic rings. The highest BCUT2D eigenvalue weighted by Gasteiger charge is 2.32. The van der Waals surface area contributed by atoms with Gasteiger partial charge >= 0.3 is 6.18 Å². The highest BCUT2D eigenvalue weighted by molar-refractivity contribution is 5.95. The number of halogens is 3. The number of anilines is 1. The number of rotatable bonds is 4. The quantitative estimate of drug-likeness (QED) is 0.927. The second-order valence-electron chi connectivity index (χ2n) is 4.79. The van der Waals surface area contributed by atoms with Crippen molar-refractivity contribution in [3.8, 4) is 0 Å². The van der Waals surface area contributed by atoms with Crippen molar-refractivity contribution in [2.75, 3.05) is 18.8 Å². The summed E-state index contributed by atoms with van der Waals surface area (Å²) in [5.41, 5.74) is 6.31. The van der Waals surface area contributed by atoms with Crippen LogP contribution in [0, 0.1) is 0 Å². The summed E-state index contributed by atoms with van der Waals surface area (Å²) >= 11 is 0. The highest BCUT2D eigenvalue weighted by atomic mass is 19.4. The zero-order chi connectivity index (χ0) is 15.5. The second-order valence-corrected chi connectivity index (χ2v) is 4.79. The van der Waals surface area contributed by atoms with E-state index >= 15 is 0 Å². The van der Waals surface area contributed by atoms with Gasteiger partial charge in [0.15, 0.2) is 0 Å². The normalized spacial score (nSPS) is 11.8. The van der Waals surface area contributed by atoms with Gasteiger partial charge in [0, 0.05) is 17.8 Å². The van der Waals surface area contributed by atoms with E-state index in [1.165, 1.54) is 19.1 Å². The van der Waals surface area contributed by atoms with Gasteiger partial charge in [0.1, 0.15) is 12.4 Å². The van der Waals surface area contributed by atoms with E-state index in [0.29, 0.717) is 5.69 Å². The lowest BCUT2D eigenvalue weighted by molar-refractivity contribution is -0.140. The first kappa shape index (κ1) is 16.3. The van der Waals surface area contributed by atoms with Gasteiger partial charge in [-0.15, -0.1) is 0 Å². The Bertz CT molecular complexity index is 486. The summed E-state index contributed by atoms with van der Waals surface area (Å²) in [5.74, 6) is -0.536. The summed E-state index contributed by atoms with van der Waals surface area (Å²) in [7, 11) is 0. The molecule has 7 heteroatoms. The lowest BCUT2D eigenvalue weighted by Crippen LogP contribution is -2.38. The smallest absolute Gasteiger partial charge is 0.384 e. The van der Waals surface area contributed by atoms with E-state index in [4.69, 9.17) is 5.73 Å². The van der Waals surface area contributed by atoms with Crippen LogP contribution in [0.3, 0.4) is 0 Å². The minimum absolute atomic E-state index is 0.0302. The molecule has 1 amide bonds. The third-order valence-electron chi connectivity index (χ3n) is 2.74. The van der Waals surface area contributed by atoms with Gasteiger partial charge in [-0.2, -0.15) is 13.2 Å². The fourth-order valence-corrected chi connectivity index (χ4v) is 1.72. The van der Waals surface area contributed by atoms with Crippen LogP contribution >= 0.6 is 0 Å². The Labute approximate surface area is 115 Å². The molecule has 112 valence electrons. The fraction of sp³-hybridized carbons (Fsp3) is 0.538. The maximum atomic E-state index is 12.4. The third-order valence-corrected chi connectivity index (χ3v) is 2.74. The van der Waals surface area contributed by atoms with E-state index in [1.807, 2.05) is 13.8 Å². The zero-order valence-electron chi connectivity index (χ0n) is 11.7. The van der Waals surface area contributed by atoms with Crippen LogP contribution in [0.4, 0.5) is 19.0 Å². The molecule has 0 aliphatic carbocycles. The summed E-state index contributed by atoms with van der Waals surface area (Å²) in [4.78, 5) is 16.9. The van der Waals surface area contributed by atoms with Gasteiger partial charge in [0.05, 0.1) is 0 Å². The molecule has 20 heavy (non-hydrogen) atoms. The molecule has 0 spiro atoms. The number of nitrogens with two attached hydrogens (primary N) is 1. The minimum atomic E-state index is -4.43. The Morgan fingerprint density at radius 1 is 1.40 bits per heavy atom. The molecule has 0 aliphatic rings. The molecule has 4 nitrogen and oxygen atoms in total.